The second kappa shape index (κ2) is 11.7. The summed E-state index contributed by atoms with van der Waals surface area (Å²) in [5.41, 5.74) is 1.34. The Morgan fingerprint density at radius 3 is 2.96 bits per heavy atom. The van der Waals surface area contributed by atoms with Gasteiger partial charge < -0.3 is 14.8 Å². The van der Waals surface area contributed by atoms with Crippen molar-refractivity contribution < 1.29 is 9.47 Å². The van der Waals surface area contributed by atoms with Crippen LogP contribution in [0.15, 0.2) is 24.3 Å². The normalized spacial score (nSPS) is 18.4. The highest BCUT2D eigenvalue weighted by molar-refractivity contribution is 5.85. The number of likely N-dealkylation sites (tertiary alicyclic amines) is 1. The summed E-state index contributed by atoms with van der Waals surface area (Å²) in [6.45, 7) is 6.01. The summed E-state index contributed by atoms with van der Waals surface area (Å²) in [6, 6.07) is 8.50. The summed E-state index contributed by atoms with van der Waals surface area (Å²) < 4.78 is 10.8. The number of halogens is 1. The lowest BCUT2D eigenvalue weighted by Crippen LogP contribution is -2.38. The van der Waals surface area contributed by atoms with E-state index in [0.29, 0.717) is 6.61 Å². The molecule has 2 rings (SSSR count). The van der Waals surface area contributed by atoms with Gasteiger partial charge in [0.1, 0.15) is 5.75 Å². The first-order valence-electron chi connectivity index (χ1n) is 8.39. The van der Waals surface area contributed by atoms with Crippen LogP contribution in [0.3, 0.4) is 0 Å². The van der Waals surface area contributed by atoms with Crippen molar-refractivity contribution in [3.05, 3.63) is 29.8 Å². The molecule has 0 bridgehead atoms. The van der Waals surface area contributed by atoms with Crippen LogP contribution < -0.4 is 10.1 Å². The maximum absolute atomic E-state index is 5.79. The molecule has 1 aliphatic rings. The van der Waals surface area contributed by atoms with E-state index in [1.807, 2.05) is 13.1 Å². The molecule has 0 aromatic heterocycles. The topological polar surface area (TPSA) is 33.7 Å². The summed E-state index contributed by atoms with van der Waals surface area (Å²) in [6.07, 6.45) is 3.58. The van der Waals surface area contributed by atoms with E-state index in [9.17, 15) is 0 Å². The quantitative estimate of drug-likeness (QED) is 0.700. The van der Waals surface area contributed by atoms with Gasteiger partial charge in [0, 0.05) is 33.2 Å². The van der Waals surface area contributed by atoms with E-state index in [1.165, 1.54) is 31.5 Å². The second-order valence-corrected chi connectivity index (χ2v) is 6.14. The third-order valence-corrected chi connectivity index (χ3v) is 4.16. The molecule has 1 N–H and O–H groups in total. The highest BCUT2D eigenvalue weighted by Crippen LogP contribution is 2.20. The van der Waals surface area contributed by atoms with Gasteiger partial charge in [-0.2, -0.15) is 0 Å². The predicted molar refractivity (Wildman–Crippen MR) is 97.6 cm³/mol. The Balaban J connectivity index is 0.00000264. The van der Waals surface area contributed by atoms with Gasteiger partial charge in [-0.1, -0.05) is 12.1 Å². The Labute approximate surface area is 146 Å². The fraction of sp³-hybridized carbons (Fsp3) is 0.667. The van der Waals surface area contributed by atoms with Gasteiger partial charge in [-0.3, -0.25) is 4.90 Å². The Morgan fingerprint density at radius 2 is 2.17 bits per heavy atom. The van der Waals surface area contributed by atoms with Gasteiger partial charge in [0.2, 0.25) is 0 Å². The van der Waals surface area contributed by atoms with Crippen LogP contribution >= 0.6 is 12.4 Å². The number of rotatable bonds is 9. The van der Waals surface area contributed by atoms with E-state index in [0.717, 1.165) is 37.8 Å². The number of piperidine rings is 1. The Bertz CT molecular complexity index is 429. The highest BCUT2D eigenvalue weighted by atomic mass is 35.5. The Morgan fingerprint density at radius 1 is 1.30 bits per heavy atom. The molecular weight excluding hydrogens is 312 g/mol. The summed E-state index contributed by atoms with van der Waals surface area (Å²) in [7, 11) is 3.77. The summed E-state index contributed by atoms with van der Waals surface area (Å²) in [4.78, 5) is 2.57. The van der Waals surface area contributed by atoms with Crippen molar-refractivity contribution >= 4 is 12.4 Å². The van der Waals surface area contributed by atoms with Crippen molar-refractivity contribution in [1.82, 2.24) is 10.2 Å². The van der Waals surface area contributed by atoms with E-state index >= 15 is 0 Å². The molecular formula is C18H31ClN2O2. The monoisotopic (exact) mass is 342 g/mol. The summed E-state index contributed by atoms with van der Waals surface area (Å²) in [5.74, 6) is 1.75. The number of nitrogens with one attached hydrogen (secondary N) is 1. The standard InChI is InChI=1S/C18H30N2O2.ClH/c1-19-13-17-7-4-9-20(15-17)14-16-6-3-8-18(12-16)22-11-5-10-21-2;/h3,6,8,12,17,19H,4-5,7,9-11,13-15H2,1-2H3;1H. The van der Waals surface area contributed by atoms with E-state index in [2.05, 4.69) is 28.4 Å². The van der Waals surface area contributed by atoms with Gasteiger partial charge in [0.15, 0.2) is 0 Å². The molecule has 4 nitrogen and oxygen atoms in total. The zero-order valence-electron chi connectivity index (χ0n) is 14.4. The Kier molecular flexibility index (Phi) is 10.3. The maximum atomic E-state index is 5.79. The van der Waals surface area contributed by atoms with Gasteiger partial charge in [-0.15, -0.1) is 12.4 Å². The number of methoxy groups -OCH3 is 1. The first-order valence-corrected chi connectivity index (χ1v) is 8.39. The van der Waals surface area contributed by atoms with Crippen LogP contribution in [0, 0.1) is 5.92 Å². The van der Waals surface area contributed by atoms with E-state index in [1.54, 1.807) is 7.11 Å². The van der Waals surface area contributed by atoms with Crippen molar-refractivity contribution in [1.29, 1.82) is 0 Å². The Hall–Kier alpha value is -0.810. The third kappa shape index (κ3) is 7.53. The highest BCUT2D eigenvalue weighted by Gasteiger charge is 2.19. The first-order chi connectivity index (χ1) is 10.8. The lowest BCUT2D eigenvalue weighted by atomic mass is 9.97. The molecule has 1 atom stereocenters. The maximum Gasteiger partial charge on any atom is 0.119 e. The van der Waals surface area contributed by atoms with Gasteiger partial charge in [-0.25, -0.2) is 0 Å². The van der Waals surface area contributed by atoms with Gasteiger partial charge in [-0.05, 0) is 56.6 Å². The van der Waals surface area contributed by atoms with Crippen LogP contribution in [0.1, 0.15) is 24.8 Å². The molecule has 1 aliphatic heterocycles. The molecule has 1 aromatic carbocycles. The predicted octanol–water partition coefficient (Wildman–Crippen LogP) is 2.96. The SMILES string of the molecule is CNCC1CCCN(Cc2cccc(OCCCOC)c2)C1.Cl. The largest absolute Gasteiger partial charge is 0.493 e. The molecule has 1 unspecified atom stereocenters. The molecule has 1 saturated heterocycles. The van der Waals surface area contributed by atoms with E-state index < -0.39 is 0 Å². The molecule has 132 valence electrons. The smallest absolute Gasteiger partial charge is 0.119 e. The minimum Gasteiger partial charge on any atom is -0.493 e. The van der Waals surface area contributed by atoms with Gasteiger partial charge >= 0.3 is 0 Å². The van der Waals surface area contributed by atoms with Gasteiger partial charge in [0.25, 0.3) is 0 Å². The molecule has 23 heavy (non-hydrogen) atoms. The number of hydrogen-bond donors (Lipinski definition) is 1. The molecule has 0 amide bonds. The van der Waals surface area contributed by atoms with Crippen LogP contribution in [0.5, 0.6) is 5.75 Å². The van der Waals surface area contributed by atoms with Crippen molar-refractivity contribution in [2.75, 3.05) is 47.0 Å². The molecule has 1 aromatic rings. The first kappa shape index (κ1) is 20.2. The molecule has 0 aliphatic carbocycles. The van der Waals surface area contributed by atoms with Crippen LogP contribution in [0.4, 0.5) is 0 Å². The van der Waals surface area contributed by atoms with Crippen LogP contribution in [0.25, 0.3) is 0 Å². The summed E-state index contributed by atoms with van der Waals surface area (Å²) >= 11 is 0. The second-order valence-electron chi connectivity index (χ2n) is 6.14. The van der Waals surface area contributed by atoms with E-state index in [-0.39, 0.29) is 12.4 Å². The van der Waals surface area contributed by atoms with Crippen molar-refractivity contribution in [2.24, 2.45) is 5.92 Å². The minimum absolute atomic E-state index is 0. The molecule has 1 fully saturated rings. The van der Waals surface area contributed by atoms with Crippen LogP contribution in [-0.2, 0) is 11.3 Å². The fourth-order valence-corrected chi connectivity index (χ4v) is 3.14. The third-order valence-electron chi connectivity index (χ3n) is 4.16. The average Bonchev–Trinajstić information content (AvgIpc) is 2.53. The zero-order valence-corrected chi connectivity index (χ0v) is 15.2. The summed E-state index contributed by atoms with van der Waals surface area (Å²) in [5, 5.41) is 3.31. The average molecular weight is 343 g/mol. The number of nitrogens with zero attached hydrogens (tertiary/aromatic N) is 1. The lowest BCUT2D eigenvalue weighted by molar-refractivity contribution is 0.166. The van der Waals surface area contributed by atoms with Crippen molar-refractivity contribution in [3.8, 4) is 5.75 Å². The molecule has 0 radical (unpaired) electrons. The van der Waals surface area contributed by atoms with Crippen LogP contribution in [-0.4, -0.2) is 51.9 Å². The number of ether oxygens (including phenoxy) is 2. The van der Waals surface area contributed by atoms with Gasteiger partial charge in [0.05, 0.1) is 6.61 Å². The number of benzene rings is 1. The van der Waals surface area contributed by atoms with Crippen LogP contribution in [0.2, 0.25) is 0 Å². The van der Waals surface area contributed by atoms with E-state index in [4.69, 9.17) is 9.47 Å². The zero-order chi connectivity index (χ0) is 15.6. The molecule has 0 saturated carbocycles. The molecule has 0 spiro atoms. The molecule has 1 heterocycles. The fourth-order valence-electron chi connectivity index (χ4n) is 3.14. The number of hydrogen-bond acceptors (Lipinski definition) is 4. The minimum atomic E-state index is 0. The van der Waals surface area contributed by atoms with Crippen molar-refractivity contribution in [3.63, 3.8) is 0 Å². The molecule has 5 heteroatoms. The van der Waals surface area contributed by atoms with Crippen molar-refractivity contribution in [2.45, 2.75) is 25.8 Å². The lowest BCUT2D eigenvalue weighted by Gasteiger charge is -2.32.